The van der Waals surface area contributed by atoms with Crippen molar-refractivity contribution in [2.45, 2.75) is 17.6 Å². The molecule has 1 heterocycles. The number of aryl methyl sites for hydroxylation is 2. The van der Waals surface area contributed by atoms with E-state index in [1.165, 1.54) is 0 Å². The van der Waals surface area contributed by atoms with Crippen molar-refractivity contribution in [1.29, 1.82) is 0 Å². The summed E-state index contributed by atoms with van der Waals surface area (Å²) in [4.78, 5) is 1.07. The molecule has 0 saturated heterocycles. The van der Waals surface area contributed by atoms with E-state index in [0.717, 1.165) is 32.7 Å². The number of benzene rings is 1. The zero-order valence-corrected chi connectivity index (χ0v) is 11.3. The molecule has 1 aromatic heterocycles. The Morgan fingerprint density at radius 1 is 1.41 bits per heavy atom. The highest BCUT2D eigenvalue weighted by molar-refractivity contribution is 7.98. The third-order valence-corrected chi connectivity index (χ3v) is 4.14. The third kappa shape index (κ3) is 2.58. The standard InChI is InChI=1S/C12H14ClN3S/c1-8-9(12(14)16(2)15-8)7-17-11-6-4-3-5-10(11)13/h3-6H,7,14H2,1-2H3. The van der Waals surface area contributed by atoms with Gasteiger partial charge in [0, 0.05) is 23.3 Å². The number of rotatable bonds is 3. The number of nitrogens with two attached hydrogens (primary N) is 1. The van der Waals surface area contributed by atoms with Crippen molar-refractivity contribution in [3.05, 3.63) is 40.5 Å². The van der Waals surface area contributed by atoms with Crippen molar-refractivity contribution in [1.82, 2.24) is 9.78 Å². The lowest BCUT2D eigenvalue weighted by molar-refractivity contribution is 0.767. The van der Waals surface area contributed by atoms with Crippen LogP contribution in [0.1, 0.15) is 11.3 Å². The third-order valence-electron chi connectivity index (χ3n) is 2.60. The molecule has 0 radical (unpaired) electrons. The summed E-state index contributed by atoms with van der Waals surface area (Å²) >= 11 is 7.78. The molecule has 0 aliphatic rings. The number of nitrogens with zero attached hydrogens (tertiary/aromatic N) is 2. The quantitative estimate of drug-likeness (QED) is 0.868. The van der Waals surface area contributed by atoms with Gasteiger partial charge in [-0.2, -0.15) is 5.10 Å². The Balaban J connectivity index is 2.15. The van der Waals surface area contributed by atoms with E-state index in [1.54, 1.807) is 16.4 Å². The second-order valence-corrected chi connectivity index (χ2v) is 5.22. The fraction of sp³-hybridized carbons (Fsp3) is 0.250. The van der Waals surface area contributed by atoms with Crippen LogP contribution in [0.25, 0.3) is 0 Å². The summed E-state index contributed by atoms with van der Waals surface area (Å²) < 4.78 is 1.71. The topological polar surface area (TPSA) is 43.8 Å². The number of hydrogen-bond acceptors (Lipinski definition) is 3. The molecule has 90 valence electrons. The lowest BCUT2D eigenvalue weighted by Crippen LogP contribution is -1.98. The molecule has 0 atom stereocenters. The molecule has 2 rings (SSSR count). The number of aromatic nitrogens is 2. The largest absolute Gasteiger partial charge is 0.384 e. The van der Waals surface area contributed by atoms with E-state index in [1.807, 2.05) is 38.2 Å². The van der Waals surface area contributed by atoms with E-state index in [2.05, 4.69) is 5.10 Å². The molecule has 0 fully saturated rings. The summed E-state index contributed by atoms with van der Waals surface area (Å²) in [5.41, 5.74) is 8.02. The molecule has 0 aliphatic heterocycles. The summed E-state index contributed by atoms with van der Waals surface area (Å²) in [6.45, 7) is 1.97. The number of halogens is 1. The van der Waals surface area contributed by atoms with Gasteiger partial charge < -0.3 is 5.73 Å². The van der Waals surface area contributed by atoms with Crippen LogP contribution in [-0.4, -0.2) is 9.78 Å². The molecule has 2 aromatic rings. The van der Waals surface area contributed by atoms with E-state index < -0.39 is 0 Å². The number of nitrogen functional groups attached to an aromatic ring is 1. The first-order valence-electron chi connectivity index (χ1n) is 5.25. The predicted molar refractivity (Wildman–Crippen MR) is 73.4 cm³/mol. The molecule has 5 heteroatoms. The molecule has 0 spiro atoms. The van der Waals surface area contributed by atoms with Crippen molar-refractivity contribution < 1.29 is 0 Å². The number of anilines is 1. The van der Waals surface area contributed by atoms with Gasteiger partial charge >= 0.3 is 0 Å². The second kappa shape index (κ2) is 5.02. The van der Waals surface area contributed by atoms with Crippen LogP contribution >= 0.6 is 23.4 Å². The van der Waals surface area contributed by atoms with Gasteiger partial charge in [0.25, 0.3) is 0 Å². The molecule has 0 unspecified atom stereocenters. The molecular weight excluding hydrogens is 254 g/mol. The highest BCUT2D eigenvalue weighted by Gasteiger charge is 2.11. The minimum atomic E-state index is 0.724. The lowest BCUT2D eigenvalue weighted by atomic mass is 10.3. The monoisotopic (exact) mass is 267 g/mol. The van der Waals surface area contributed by atoms with Crippen LogP contribution in [0.5, 0.6) is 0 Å². The van der Waals surface area contributed by atoms with Gasteiger partial charge in [-0.05, 0) is 19.1 Å². The van der Waals surface area contributed by atoms with E-state index in [-0.39, 0.29) is 0 Å². The maximum Gasteiger partial charge on any atom is 0.125 e. The number of thioether (sulfide) groups is 1. The molecule has 0 saturated carbocycles. The van der Waals surface area contributed by atoms with Crippen LogP contribution in [0, 0.1) is 6.92 Å². The average molecular weight is 268 g/mol. The summed E-state index contributed by atoms with van der Waals surface area (Å²) in [6.07, 6.45) is 0. The van der Waals surface area contributed by atoms with Gasteiger partial charge in [-0.25, -0.2) is 0 Å². The Bertz CT molecular complexity index is 537. The fourth-order valence-corrected chi connectivity index (χ4v) is 2.95. The van der Waals surface area contributed by atoms with Crippen LogP contribution in [0.15, 0.2) is 29.2 Å². The van der Waals surface area contributed by atoms with Crippen molar-refractivity contribution in [3.8, 4) is 0 Å². The average Bonchev–Trinajstić information content (AvgIpc) is 2.53. The Hall–Kier alpha value is -1.13. The Kier molecular flexibility index (Phi) is 3.64. The minimum absolute atomic E-state index is 0.724. The van der Waals surface area contributed by atoms with Crippen LogP contribution in [-0.2, 0) is 12.8 Å². The summed E-state index contributed by atoms with van der Waals surface area (Å²) in [5, 5.41) is 5.07. The van der Waals surface area contributed by atoms with Gasteiger partial charge in [0.15, 0.2) is 0 Å². The van der Waals surface area contributed by atoms with Gasteiger partial charge in [0.2, 0.25) is 0 Å². The van der Waals surface area contributed by atoms with E-state index in [9.17, 15) is 0 Å². The highest BCUT2D eigenvalue weighted by Crippen LogP contribution is 2.31. The van der Waals surface area contributed by atoms with E-state index >= 15 is 0 Å². The molecule has 3 nitrogen and oxygen atoms in total. The predicted octanol–water partition coefficient (Wildman–Crippen LogP) is 3.26. The minimum Gasteiger partial charge on any atom is -0.384 e. The van der Waals surface area contributed by atoms with E-state index in [0.29, 0.717) is 0 Å². The molecular formula is C12H14ClN3S. The van der Waals surface area contributed by atoms with Crippen molar-refractivity contribution in [3.63, 3.8) is 0 Å². The van der Waals surface area contributed by atoms with E-state index in [4.69, 9.17) is 17.3 Å². The molecule has 17 heavy (non-hydrogen) atoms. The highest BCUT2D eigenvalue weighted by atomic mass is 35.5. The van der Waals surface area contributed by atoms with Gasteiger partial charge in [0.1, 0.15) is 5.82 Å². The normalized spacial score (nSPS) is 10.8. The van der Waals surface area contributed by atoms with Crippen molar-refractivity contribution >= 4 is 29.2 Å². The van der Waals surface area contributed by atoms with Gasteiger partial charge in [0.05, 0.1) is 10.7 Å². The van der Waals surface area contributed by atoms with Crippen LogP contribution in [0.3, 0.4) is 0 Å². The first kappa shape index (κ1) is 12.3. The smallest absolute Gasteiger partial charge is 0.125 e. The fourth-order valence-electron chi connectivity index (χ4n) is 1.61. The zero-order valence-electron chi connectivity index (χ0n) is 9.77. The summed E-state index contributed by atoms with van der Waals surface area (Å²) in [7, 11) is 1.85. The molecule has 1 aromatic carbocycles. The number of hydrogen-bond donors (Lipinski definition) is 1. The molecule has 0 aliphatic carbocycles. The Labute approximate surface area is 110 Å². The maximum absolute atomic E-state index is 6.10. The first-order valence-corrected chi connectivity index (χ1v) is 6.61. The zero-order chi connectivity index (χ0) is 12.4. The Morgan fingerprint density at radius 3 is 2.71 bits per heavy atom. The maximum atomic E-state index is 6.10. The first-order chi connectivity index (χ1) is 8.09. The molecule has 0 bridgehead atoms. The Morgan fingerprint density at radius 2 is 2.12 bits per heavy atom. The van der Waals surface area contributed by atoms with Crippen molar-refractivity contribution in [2.24, 2.45) is 7.05 Å². The van der Waals surface area contributed by atoms with Crippen molar-refractivity contribution in [2.75, 3.05) is 5.73 Å². The lowest BCUT2D eigenvalue weighted by Gasteiger charge is -2.04. The van der Waals surface area contributed by atoms with Gasteiger partial charge in [-0.3, -0.25) is 4.68 Å². The second-order valence-electron chi connectivity index (χ2n) is 3.79. The van der Waals surface area contributed by atoms with Crippen LogP contribution in [0.2, 0.25) is 5.02 Å². The summed E-state index contributed by atoms with van der Waals surface area (Å²) in [6, 6.07) is 7.81. The summed E-state index contributed by atoms with van der Waals surface area (Å²) in [5.74, 6) is 1.51. The van der Waals surface area contributed by atoms with Gasteiger partial charge in [-0.1, -0.05) is 23.7 Å². The SMILES string of the molecule is Cc1nn(C)c(N)c1CSc1ccccc1Cl. The van der Waals surface area contributed by atoms with Gasteiger partial charge in [-0.15, -0.1) is 11.8 Å². The van der Waals surface area contributed by atoms with Crippen LogP contribution in [0.4, 0.5) is 5.82 Å². The molecule has 0 amide bonds. The molecule has 2 N–H and O–H groups in total. The van der Waals surface area contributed by atoms with Crippen LogP contribution < -0.4 is 5.73 Å².